The molecular weight excluding hydrogens is 430 g/mol. The van der Waals surface area contributed by atoms with Crippen LogP contribution in [0.15, 0.2) is 67.5 Å². The standard InChI is InChI=1S/C19H13N3O4S3/c1-2-8-21-18(23)16-13(14-4-3-9-27-14)11-29-17(16)20-19(21)28-10-7-12-5-6-15(26-12)22(24)25/h2-7,9-11H,1,8H2/b10-7+. The van der Waals surface area contributed by atoms with Gasteiger partial charge >= 0.3 is 5.88 Å². The highest BCUT2D eigenvalue weighted by Gasteiger charge is 2.17. The maximum Gasteiger partial charge on any atom is 0.433 e. The maximum absolute atomic E-state index is 13.2. The first kappa shape index (κ1) is 19.4. The third-order valence-corrected chi connectivity index (χ3v) is 6.53. The number of hydrogen-bond acceptors (Lipinski definition) is 8. The van der Waals surface area contributed by atoms with Crippen LogP contribution in [0.25, 0.3) is 26.7 Å². The Morgan fingerprint density at radius 2 is 2.21 bits per heavy atom. The Kier molecular flexibility index (Phi) is 5.47. The molecule has 0 aliphatic heterocycles. The number of hydrogen-bond donors (Lipinski definition) is 0. The molecule has 4 heterocycles. The average Bonchev–Trinajstić information content (AvgIpc) is 3.44. The molecule has 4 aromatic heterocycles. The number of allylic oxidation sites excluding steroid dienone is 1. The van der Waals surface area contributed by atoms with E-state index in [4.69, 9.17) is 4.42 Å². The summed E-state index contributed by atoms with van der Waals surface area (Å²) in [6.07, 6.45) is 3.24. The Bertz CT molecular complexity index is 1280. The van der Waals surface area contributed by atoms with E-state index in [0.29, 0.717) is 27.7 Å². The van der Waals surface area contributed by atoms with Crippen molar-refractivity contribution in [3.63, 3.8) is 0 Å². The van der Waals surface area contributed by atoms with E-state index in [0.717, 1.165) is 10.4 Å². The van der Waals surface area contributed by atoms with Crippen molar-refractivity contribution in [1.29, 1.82) is 0 Å². The molecule has 29 heavy (non-hydrogen) atoms. The second-order valence-electron chi connectivity index (χ2n) is 5.76. The topological polar surface area (TPSA) is 91.2 Å². The van der Waals surface area contributed by atoms with Crippen LogP contribution in [-0.2, 0) is 6.54 Å². The number of rotatable bonds is 7. The Hall–Kier alpha value is -2.95. The molecule has 4 rings (SSSR count). The Morgan fingerprint density at radius 3 is 2.90 bits per heavy atom. The summed E-state index contributed by atoms with van der Waals surface area (Å²) in [5, 5.41) is 17.4. The van der Waals surface area contributed by atoms with E-state index in [1.807, 2.05) is 22.9 Å². The zero-order valence-corrected chi connectivity index (χ0v) is 17.3. The molecule has 0 aliphatic carbocycles. The predicted molar refractivity (Wildman–Crippen MR) is 118 cm³/mol. The molecular formula is C19H13N3O4S3. The van der Waals surface area contributed by atoms with Gasteiger partial charge in [-0.1, -0.05) is 23.9 Å². The number of thiophene rings is 2. The molecule has 7 nitrogen and oxygen atoms in total. The van der Waals surface area contributed by atoms with Gasteiger partial charge in [0.25, 0.3) is 5.56 Å². The highest BCUT2D eigenvalue weighted by molar-refractivity contribution is 8.02. The van der Waals surface area contributed by atoms with Crippen LogP contribution in [0.3, 0.4) is 0 Å². The van der Waals surface area contributed by atoms with Gasteiger partial charge in [-0.05, 0) is 29.0 Å². The van der Waals surface area contributed by atoms with Crippen molar-refractivity contribution in [2.75, 3.05) is 0 Å². The van der Waals surface area contributed by atoms with Gasteiger partial charge < -0.3 is 4.42 Å². The van der Waals surface area contributed by atoms with Crippen LogP contribution in [-0.4, -0.2) is 14.5 Å². The van der Waals surface area contributed by atoms with E-state index in [2.05, 4.69) is 11.6 Å². The molecule has 0 amide bonds. The van der Waals surface area contributed by atoms with Crippen molar-refractivity contribution >= 4 is 56.6 Å². The van der Waals surface area contributed by atoms with Crippen LogP contribution in [0, 0.1) is 10.1 Å². The van der Waals surface area contributed by atoms with Crippen LogP contribution >= 0.6 is 34.4 Å². The normalized spacial score (nSPS) is 11.4. The molecule has 146 valence electrons. The minimum Gasteiger partial charge on any atom is -0.401 e. The summed E-state index contributed by atoms with van der Waals surface area (Å²) in [7, 11) is 0. The van der Waals surface area contributed by atoms with Gasteiger partial charge in [-0.15, -0.1) is 29.3 Å². The third kappa shape index (κ3) is 3.82. The summed E-state index contributed by atoms with van der Waals surface area (Å²) in [6, 6.07) is 6.74. The SMILES string of the molecule is C=CCn1c(S/C=C/c2ccc([N+](=O)[O-])o2)nc2scc(-c3cccs3)c2c1=O. The van der Waals surface area contributed by atoms with Crippen molar-refractivity contribution in [3.8, 4) is 10.4 Å². The van der Waals surface area contributed by atoms with Crippen molar-refractivity contribution in [1.82, 2.24) is 9.55 Å². The quantitative estimate of drug-likeness (QED) is 0.121. The molecule has 0 spiro atoms. The molecule has 0 unspecified atom stereocenters. The molecule has 0 bridgehead atoms. The van der Waals surface area contributed by atoms with Gasteiger partial charge in [0.05, 0.1) is 11.5 Å². The highest BCUT2D eigenvalue weighted by Crippen LogP contribution is 2.34. The minimum absolute atomic E-state index is 0.121. The van der Waals surface area contributed by atoms with Gasteiger partial charge in [0, 0.05) is 22.4 Å². The zero-order chi connectivity index (χ0) is 20.4. The lowest BCUT2D eigenvalue weighted by Gasteiger charge is -2.08. The molecule has 0 fully saturated rings. The van der Waals surface area contributed by atoms with Gasteiger partial charge in [0.2, 0.25) is 0 Å². The number of thioether (sulfide) groups is 1. The van der Waals surface area contributed by atoms with Crippen LogP contribution < -0.4 is 5.56 Å². The summed E-state index contributed by atoms with van der Waals surface area (Å²) in [6.45, 7) is 4.06. The van der Waals surface area contributed by atoms with E-state index < -0.39 is 4.92 Å². The second-order valence-corrected chi connectivity index (χ2v) is 8.44. The number of aromatic nitrogens is 2. The smallest absolute Gasteiger partial charge is 0.401 e. The summed E-state index contributed by atoms with van der Waals surface area (Å²) < 4.78 is 6.67. The lowest BCUT2D eigenvalue weighted by molar-refractivity contribution is -0.402. The molecule has 10 heteroatoms. The predicted octanol–water partition coefficient (Wildman–Crippen LogP) is 5.64. The summed E-state index contributed by atoms with van der Waals surface area (Å²) >= 11 is 4.25. The van der Waals surface area contributed by atoms with E-state index >= 15 is 0 Å². The molecule has 4 aromatic rings. The largest absolute Gasteiger partial charge is 0.433 e. The Morgan fingerprint density at radius 1 is 1.34 bits per heavy atom. The highest BCUT2D eigenvalue weighted by atomic mass is 32.2. The van der Waals surface area contributed by atoms with Gasteiger partial charge in [-0.25, -0.2) is 4.98 Å². The van der Waals surface area contributed by atoms with Crippen LogP contribution in [0.2, 0.25) is 0 Å². The van der Waals surface area contributed by atoms with Crippen LogP contribution in [0.4, 0.5) is 5.88 Å². The Balaban J connectivity index is 1.71. The Labute approximate surface area is 176 Å². The lowest BCUT2D eigenvalue weighted by Crippen LogP contribution is -2.22. The van der Waals surface area contributed by atoms with Gasteiger partial charge in [0.15, 0.2) is 5.16 Å². The van der Waals surface area contributed by atoms with Crippen molar-refractivity contribution in [2.24, 2.45) is 0 Å². The molecule has 0 atom stereocenters. The molecule has 0 saturated heterocycles. The van der Waals surface area contributed by atoms with E-state index in [-0.39, 0.29) is 11.4 Å². The minimum atomic E-state index is -0.594. The monoisotopic (exact) mass is 443 g/mol. The maximum atomic E-state index is 13.2. The number of furan rings is 1. The fourth-order valence-corrected chi connectivity index (χ4v) is 5.25. The molecule has 0 N–H and O–H groups in total. The van der Waals surface area contributed by atoms with Crippen molar-refractivity contribution in [2.45, 2.75) is 11.7 Å². The molecule has 0 aromatic carbocycles. The number of fused-ring (bicyclic) bond motifs is 1. The van der Waals surface area contributed by atoms with Crippen molar-refractivity contribution < 1.29 is 9.34 Å². The van der Waals surface area contributed by atoms with Gasteiger partial charge in [-0.3, -0.25) is 19.5 Å². The lowest BCUT2D eigenvalue weighted by atomic mass is 10.2. The first-order valence-corrected chi connectivity index (χ1v) is 11.0. The van der Waals surface area contributed by atoms with Gasteiger partial charge in [0.1, 0.15) is 15.5 Å². The summed E-state index contributed by atoms with van der Waals surface area (Å²) in [5.41, 5.74) is 0.773. The number of nitro groups is 1. The first-order chi connectivity index (χ1) is 14.1. The summed E-state index contributed by atoms with van der Waals surface area (Å²) in [4.78, 5) is 29.7. The van der Waals surface area contributed by atoms with E-state index in [9.17, 15) is 14.9 Å². The van der Waals surface area contributed by atoms with E-state index in [1.54, 1.807) is 33.5 Å². The first-order valence-electron chi connectivity index (χ1n) is 8.32. The summed E-state index contributed by atoms with van der Waals surface area (Å²) in [5.74, 6) is 0.0245. The third-order valence-electron chi connectivity index (χ3n) is 3.96. The zero-order valence-electron chi connectivity index (χ0n) is 14.8. The van der Waals surface area contributed by atoms with Crippen molar-refractivity contribution in [3.05, 3.63) is 79.3 Å². The van der Waals surface area contributed by atoms with Crippen LogP contribution in [0.5, 0.6) is 0 Å². The average molecular weight is 444 g/mol. The molecule has 0 aliphatic rings. The second kappa shape index (κ2) is 8.19. The molecule has 0 radical (unpaired) electrons. The fraction of sp³-hybridized carbons (Fsp3) is 0.0526. The number of nitrogens with zero attached hydrogens (tertiary/aromatic N) is 3. The van der Waals surface area contributed by atoms with Gasteiger partial charge in [-0.2, -0.15) is 0 Å². The van der Waals surface area contributed by atoms with Crippen LogP contribution in [0.1, 0.15) is 5.76 Å². The molecule has 0 saturated carbocycles. The van der Waals surface area contributed by atoms with E-state index in [1.165, 1.54) is 35.2 Å². The fourth-order valence-electron chi connectivity index (χ4n) is 2.69.